The van der Waals surface area contributed by atoms with Gasteiger partial charge in [0.15, 0.2) is 6.10 Å². The summed E-state index contributed by atoms with van der Waals surface area (Å²) in [6, 6.07) is 0. The lowest BCUT2D eigenvalue weighted by Crippen LogP contribution is -2.37. The first kappa shape index (κ1) is 95.2. The number of allylic oxidation sites excluding steroid dienone is 14. The highest BCUT2D eigenvalue weighted by atomic mass is 31.2. The molecule has 9 nitrogen and oxygen atoms in total. The standard InChI is InChI=1S/C88H162NO8P/c1-6-8-10-12-14-16-18-20-22-24-26-28-30-32-34-36-38-40-42-43-44-45-47-48-50-52-54-56-58-60-62-64-66-68-70-72-74-76-78-80-87(90)94-84-86(85-96-98(92,93)95-83-82-89(3,4)5)97-88(91)81-79-77-75-73-71-69-67-65-63-61-59-57-55-53-51-49-46-41-39-37-35-33-31-29-27-25-23-21-19-17-15-13-11-9-7-2/h9,11,15,17,21,23-24,26-27,29,33,35,39,41,86H,6-8,10,12-14,16,18-20,22,25,28,30-32,34,36-38,40,42-85H2,1-5H3/p+1/b11-9-,17-15-,23-21-,26-24-,29-27-,35-33-,41-39-. The van der Waals surface area contributed by atoms with Crippen molar-refractivity contribution >= 4 is 19.8 Å². The summed E-state index contributed by atoms with van der Waals surface area (Å²) in [4.78, 5) is 36.0. The fourth-order valence-electron chi connectivity index (χ4n) is 12.5. The minimum absolute atomic E-state index is 0.0321. The van der Waals surface area contributed by atoms with E-state index in [0.717, 1.165) is 70.6 Å². The van der Waals surface area contributed by atoms with Crippen LogP contribution in [0.1, 0.15) is 412 Å². The molecule has 2 unspecified atom stereocenters. The first-order chi connectivity index (χ1) is 48.0. The van der Waals surface area contributed by atoms with E-state index >= 15 is 0 Å². The number of hydrogen-bond acceptors (Lipinski definition) is 7. The maximum absolute atomic E-state index is 12.9. The van der Waals surface area contributed by atoms with Crippen molar-refractivity contribution in [3.8, 4) is 0 Å². The monoisotopic (exact) mass is 1390 g/mol. The van der Waals surface area contributed by atoms with Gasteiger partial charge in [-0.1, -0.05) is 394 Å². The highest BCUT2D eigenvalue weighted by Gasteiger charge is 2.27. The van der Waals surface area contributed by atoms with Gasteiger partial charge in [0.1, 0.15) is 19.8 Å². The van der Waals surface area contributed by atoms with Gasteiger partial charge < -0.3 is 18.9 Å². The van der Waals surface area contributed by atoms with Crippen LogP contribution in [0.5, 0.6) is 0 Å². The first-order valence-corrected chi connectivity index (χ1v) is 43.8. The molecule has 0 amide bonds. The van der Waals surface area contributed by atoms with Crippen molar-refractivity contribution in [2.24, 2.45) is 0 Å². The molecule has 0 saturated carbocycles. The van der Waals surface area contributed by atoms with Crippen LogP contribution >= 0.6 is 7.82 Å². The van der Waals surface area contributed by atoms with Crippen molar-refractivity contribution in [2.75, 3.05) is 47.5 Å². The minimum atomic E-state index is -4.40. The average Bonchev–Trinajstić information content (AvgIpc) is 1.08. The van der Waals surface area contributed by atoms with E-state index in [-0.39, 0.29) is 25.6 Å². The average molecular weight is 1390 g/mol. The number of carbonyl (C=O) groups is 2. The highest BCUT2D eigenvalue weighted by Crippen LogP contribution is 2.43. The van der Waals surface area contributed by atoms with Crippen LogP contribution in [0, 0.1) is 0 Å². The SMILES string of the molecule is CC/C=C\C/C=C\C/C=C\C/C=C\C/C=C\C/C=C\CCCCCCCCCCCCCCCCCCC(=O)OC(COC(=O)CCCCCCCCCCCCCCCCCCCCCCCCCCCCC/C=C\CCCCCCCCCC)COP(=O)(O)OCC[N+](C)(C)C. The zero-order chi connectivity index (χ0) is 71.1. The molecule has 0 saturated heterocycles. The Kier molecular flexibility index (Phi) is 76.1. The molecule has 0 bridgehead atoms. The van der Waals surface area contributed by atoms with Crippen LogP contribution in [-0.2, 0) is 32.7 Å². The topological polar surface area (TPSA) is 108 Å². The van der Waals surface area contributed by atoms with E-state index in [1.165, 1.54) is 308 Å². The summed E-state index contributed by atoms with van der Waals surface area (Å²) < 4.78 is 34.9. The summed E-state index contributed by atoms with van der Waals surface area (Å²) in [5, 5.41) is 0. The number of phosphoric acid groups is 1. The molecule has 10 heteroatoms. The summed E-state index contributed by atoms with van der Waals surface area (Å²) in [5.41, 5.74) is 0. The first-order valence-electron chi connectivity index (χ1n) is 42.3. The number of quaternary nitrogens is 1. The summed E-state index contributed by atoms with van der Waals surface area (Å²) in [5.74, 6) is -0.778. The maximum Gasteiger partial charge on any atom is 0.472 e. The van der Waals surface area contributed by atoms with Crippen LogP contribution in [0.3, 0.4) is 0 Å². The van der Waals surface area contributed by atoms with E-state index in [1.807, 2.05) is 21.1 Å². The molecule has 0 aromatic heterocycles. The van der Waals surface area contributed by atoms with Crippen LogP contribution in [0.2, 0.25) is 0 Å². The van der Waals surface area contributed by atoms with Gasteiger partial charge in [-0.2, -0.15) is 0 Å². The molecule has 98 heavy (non-hydrogen) atoms. The molecule has 0 aliphatic rings. The predicted molar refractivity (Wildman–Crippen MR) is 427 cm³/mol. The van der Waals surface area contributed by atoms with Crippen molar-refractivity contribution in [3.63, 3.8) is 0 Å². The van der Waals surface area contributed by atoms with E-state index in [9.17, 15) is 19.0 Å². The van der Waals surface area contributed by atoms with Crippen molar-refractivity contribution in [1.82, 2.24) is 0 Å². The second kappa shape index (κ2) is 78.3. The number of carbonyl (C=O) groups excluding carboxylic acids is 2. The maximum atomic E-state index is 12.9. The lowest BCUT2D eigenvalue weighted by molar-refractivity contribution is -0.870. The molecule has 0 aliphatic heterocycles. The van der Waals surface area contributed by atoms with Crippen molar-refractivity contribution in [3.05, 3.63) is 85.1 Å². The van der Waals surface area contributed by atoms with Gasteiger partial charge >= 0.3 is 19.8 Å². The molecule has 572 valence electrons. The van der Waals surface area contributed by atoms with Gasteiger partial charge in [-0.05, 0) is 89.9 Å². The van der Waals surface area contributed by atoms with E-state index < -0.39 is 26.5 Å². The number of esters is 2. The third-order valence-electron chi connectivity index (χ3n) is 18.9. The molecule has 0 heterocycles. The number of phosphoric ester groups is 1. The van der Waals surface area contributed by atoms with Crippen LogP contribution in [0.15, 0.2) is 85.1 Å². The third-order valence-corrected chi connectivity index (χ3v) is 19.9. The molecular weight excluding hydrogens is 1230 g/mol. The van der Waals surface area contributed by atoms with Crippen LogP contribution in [-0.4, -0.2) is 74.9 Å². The van der Waals surface area contributed by atoms with Gasteiger partial charge in [-0.25, -0.2) is 4.57 Å². The van der Waals surface area contributed by atoms with Crippen LogP contribution < -0.4 is 0 Å². The van der Waals surface area contributed by atoms with Crippen molar-refractivity contribution < 1.29 is 42.1 Å². The van der Waals surface area contributed by atoms with E-state index in [4.69, 9.17) is 18.5 Å². The van der Waals surface area contributed by atoms with Crippen molar-refractivity contribution in [1.29, 1.82) is 0 Å². The molecule has 0 fully saturated rings. The Morgan fingerprint density at radius 3 is 0.878 bits per heavy atom. The number of nitrogens with zero attached hydrogens (tertiary/aromatic N) is 1. The number of likely N-dealkylation sites (N-methyl/N-ethyl adjacent to an activating group) is 1. The summed E-state index contributed by atoms with van der Waals surface area (Å²) in [6.45, 7) is 4.38. The molecule has 0 rings (SSSR count). The molecule has 1 N–H and O–H groups in total. The second-order valence-electron chi connectivity index (χ2n) is 29.8. The molecule has 2 atom stereocenters. The van der Waals surface area contributed by atoms with Gasteiger partial charge in [-0.15, -0.1) is 0 Å². The summed E-state index contributed by atoms with van der Waals surface area (Å²) in [7, 11) is 1.49. The summed E-state index contributed by atoms with van der Waals surface area (Å²) >= 11 is 0. The third kappa shape index (κ3) is 82.1. The Morgan fingerprint density at radius 1 is 0.327 bits per heavy atom. The molecule has 0 spiro atoms. The zero-order valence-electron chi connectivity index (χ0n) is 65.5. The van der Waals surface area contributed by atoms with Crippen molar-refractivity contribution in [2.45, 2.75) is 418 Å². The number of ether oxygens (including phenoxy) is 2. The van der Waals surface area contributed by atoms with Gasteiger partial charge in [0, 0.05) is 12.8 Å². The van der Waals surface area contributed by atoms with Crippen LogP contribution in [0.4, 0.5) is 0 Å². The van der Waals surface area contributed by atoms with Crippen LogP contribution in [0.25, 0.3) is 0 Å². The molecule has 0 aliphatic carbocycles. The normalized spacial score (nSPS) is 13.4. The molecule has 0 aromatic carbocycles. The lowest BCUT2D eigenvalue weighted by atomic mass is 10.0. The second-order valence-corrected chi connectivity index (χ2v) is 31.3. The van der Waals surface area contributed by atoms with Gasteiger partial charge in [0.25, 0.3) is 0 Å². The Labute approximate surface area is 609 Å². The van der Waals surface area contributed by atoms with E-state index in [2.05, 4.69) is 98.9 Å². The fourth-order valence-corrected chi connectivity index (χ4v) is 13.2. The van der Waals surface area contributed by atoms with Gasteiger partial charge in [0.05, 0.1) is 27.7 Å². The number of unbranched alkanes of at least 4 members (excludes halogenated alkanes) is 51. The summed E-state index contributed by atoms with van der Waals surface area (Å²) in [6.07, 6.45) is 109. The Bertz CT molecular complexity index is 1930. The largest absolute Gasteiger partial charge is 0.472 e. The molecule has 0 aromatic rings. The Morgan fingerprint density at radius 2 is 0.582 bits per heavy atom. The van der Waals surface area contributed by atoms with Gasteiger partial charge in [0.2, 0.25) is 0 Å². The molecular formula is C88H163NO8P+. The fraction of sp³-hybridized carbons (Fsp3) is 0.818. The Hall–Kier alpha value is -2.81. The van der Waals surface area contributed by atoms with E-state index in [0.29, 0.717) is 23.9 Å². The number of rotatable bonds is 79. The minimum Gasteiger partial charge on any atom is -0.462 e. The predicted octanol–water partition coefficient (Wildman–Crippen LogP) is 28.4. The van der Waals surface area contributed by atoms with Gasteiger partial charge in [-0.3, -0.25) is 18.6 Å². The zero-order valence-corrected chi connectivity index (χ0v) is 66.4. The molecule has 0 radical (unpaired) electrons. The quantitative estimate of drug-likeness (QED) is 0.0211. The van der Waals surface area contributed by atoms with E-state index in [1.54, 1.807) is 0 Å². The smallest absolute Gasteiger partial charge is 0.462 e. The lowest BCUT2D eigenvalue weighted by Gasteiger charge is -2.24. The number of hydrogen-bond donors (Lipinski definition) is 1. The highest BCUT2D eigenvalue weighted by molar-refractivity contribution is 7.47. The Balaban J connectivity index is 3.90.